The van der Waals surface area contributed by atoms with Gasteiger partial charge in [-0.3, -0.25) is 0 Å². The second-order valence-corrected chi connectivity index (χ2v) is 9.22. The molecule has 2 aromatic carbocycles. The summed E-state index contributed by atoms with van der Waals surface area (Å²) in [5.41, 5.74) is 5.14. The largest absolute Gasteiger partial charge is 0.0795 e. The summed E-state index contributed by atoms with van der Waals surface area (Å²) < 4.78 is 0. The number of thiocarbonyl (C=S) groups is 1. The summed E-state index contributed by atoms with van der Waals surface area (Å²) in [5.74, 6) is 0. The number of unbranched alkanes of at least 4 members (excludes halogenated alkanes) is 10. The van der Waals surface area contributed by atoms with Crippen molar-refractivity contribution in [2.24, 2.45) is 0 Å². The fraction of sp³-hybridized carbons (Fsp3) is 0.500. The molecule has 0 N–H and O–H groups in total. The molecule has 168 valence electrons. The average molecular weight is 435 g/mol. The third kappa shape index (κ3) is 10.9. The van der Waals surface area contributed by atoms with Gasteiger partial charge in [0.1, 0.15) is 0 Å². The summed E-state index contributed by atoms with van der Waals surface area (Å²) in [7, 11) is 0. The van der Waals surface area contributed by atoms with E-state index in [0.717, 1.165) is 16.8 Å². The van der Waals surface area contributed by atoms with Gasteiger partial charge in [0.2, 0.25) is 0 Å². The van der Waals surface area contributed by atoms with Gasteiger partial charge in [0, 0.05) is 4.86 Å². The van der Waals surface area contributed by atoms with Gasteiger partial charge in [0.25, 0.3) is 0 Å². The molecule has 0 saturated carbocycles. The van der Waals surface area contributed by atoms with Crippen LogP contribution in [0.4, 0.5) is 0 Å². The summed E-state index contributed by atoms with van der Waals surface area (Å²) in [5, 5.41) is 0. The van der Waals surface area contributed by atoms with Crippen LogP contribution in [0.2, 0.25) is 0 Å². The SMILES string of the molecule is CCCCCCCCCCCCCc1ccc(C(=S)C=Cc2ccc(CC)cc2)cc1. The molecule has 1 heteroatoms. The normalized spacial score (nSPS) is 11.3. The van der Waals surface area contributed by atoms with Crippen molar-refractivity contribution in [1.29, 1.82) is 0 Å². The zero-order valence-electron chi connectivity index (χ0n) is 19.9. The molecule has 2 rings (SSSR count). The predicted molar refractivity (Wildman–Crippen MR) is 143 cm³/mol. The summed E-state index contributed by atoms with van der Waals surface area (Å²) >= 11 is 5.61. The number of allylic oxidation sites excluding steroid dienone is 1. The summed E-state index contributed by atoms with van der Waals surface area (Å²) in [6, 6.07) is 17.6. The summed E-state index contributed by atoms with van der Waals surface area (Å²) in [6.45, 7) is 4.47. The first-order chi connectivity index (χ1) is 15.2. The van der Waals surface area contributed by atoms with Crippen molar-refractivity contribution in [2.75, 3.05) is 0 Å². The highest BCUT2D eigenvalue weighted by atomic mass is 32.1. The fourth-order valence-electron chi connectivity index (χ4n) is 3.96. The third-order valence-corrected chi connectivity index (χ3v) is 6.49. The molecule has 0 atom stereocenters. The molecule has 0 unspecified atom stereocenters. The van der Waals surface area contributed by atoms with Crippen molar-refractivity contribution >= 4 is 23.2 Å². The van der Waals surface area contributed by atoms with Gasteiger partial charge in [-0.2, -0.15) is 0 Å². The van der Waals surface area contributed by atoms with Crippen LogP contribution < -0.4 is 0 Å². The van der Waals surface area contributed by atoms with Gasteiger partial charge in [-0.25, -0.2) is 0 Å². The van der Waals surface area contributed by atoms with Crippen LogP contribution in [-0.4, -0.2) is 4.86 Å². The van der Waals surface area contributed by atoms with E-state index < -0.39 is 0 Å². The second kappa shape index (κ2) is 16.0. The van der Waals surface area contributed by atoms with Crippen LogP contribution in [0.1, 0.15) is 107 Å². The van der Waals surface area contributed by atoms with Gasteiger partial charge in [-0.05, 0) is 47.6 Å². The first-order valence-electron chi connectivity index (χ1n) is 12.6. The monoisotopic (exact) mass is 434 g/mol. The lowest BCUT2D eigenvalue weighted by atomic mass is 10.0. The molecule has 0 saturated heterocycles. The van der Waals surface area contributed by atoms with E-state index in [9.17, 15) is 0 Å². The Morgan fingerprint density at radius 1 is 0.645 bits per heavy atom. The Kier molecular flexibility index (Phi) is 13.2. The molecule has 31 heavy (non-hydrogen) atoms. The van der Waals surface area contributed by atoms with E-state index in [2.05, 4.69) is 74.5 Å². The van der Waals surface area contributed by atoms with Gasteiger partial charge >= 0.3 is 0 Å². The van der Waals surface area contributed by atoms with Crippen molar-refractivity contribution < 1.29 is 0 Å². The smallest absolute Gasteiger partial charge is 0.0449 e. The summed E-state index contributed by atoms with van der Waals surface area (Å²) in [6.07, 6.45) is 21.8. The number of hydrogen-bond acceptors (Lipinski definition) is 1. The lowest BCUT2D eigenvalue weighted by molar-refractivity contribution is 0.549. The minimum absolute atomic E-state index is 0.904. The Morgan fingerprint density at radius 3 is 1.71 bits per heavy atom. The molecule has 0 heterocycles. The van der Waals surface area contributed by atoms with E-state index >= 15 is 0 Å². The van der Waals surface area contributed by atoms with Gasteiger partial charge in [-0.1, -0.05) is 145 Å². The zero-order valence-corrected chi connectivity index (χ0v) is 20.7. The summed E-state index contributed by atoms with van der Waals surface area (Å²) in [4.78, 5) is 0.904. The maximum Gasteiger partial charge on any atom is 0.0449 e. The van der Waals surface area contributed by atoms with E-state index in [1.54, 1.807) is 0 Å². The Hall–Kier alpha value is -1.73. The van der Waals surface area contributed by atoms with Crippen LogP contribution in [0, 0.1) is 0 Å². The van der Waals surface area contributed by atoms with Crippen LogP contribution in [0.15, 0.2) is 54.6 Å². The first kappa shape index (κ1) is 25.5. The minimum atomic E-state index is 0.904. The molecule has 0 radical (unpaired) electrons. The molecular formula is C30H42S. The average Bonchev–Trinajstić information content (AvgIpc) is 2.81. The third-order valence-electron chi connectivity index (χ3n) is 6.12. The van der Waals surface area contributed by atoms with Crippen molar-refractivity contribution in [2.45, 2.75) is 97.3 Å². The topological polar surface area (TPSA) is 0 Å². The van der Waals surface area contributed by atoms with E-state index in [4.69, 9.17) is 12.2 Å². The van der Waals surface area contributed by atoms with Crippen molar-refractivity contribution in [3.63, 3.8) is 0 Å². The highest BCUT2D eigenvalue weighted by Crippen LogP contribution is 2.15. The highest BCUT2D eigenvalue weighted by Gasteiger charge is 2.00. The molecule has 2 aromatic rings. The molecule has 0 amide bonds. The molecule has 0 aliphatic carbocycles. The highest BCUT2D eigenvalue weighted by molar-refractivity contribution is 7.81. The van der Waals surface area contributed by atoms with Crippen LogP contribution in [0.3, 0.4) is 0 Å². The van der Waals surface area contributed by atoms with Gasteiger partial charge < -0.3 is 0 Å². The lowest BCUT2D eigenvalue weighted by Gasteiger charge is -2.05. The second-order valence-electron chi connectivity index (χ2n) is 8.78. The molecule has 0 bridgehead atoms. The van der Waals surface area contributed by atoms with E-state index in [-0.39, 0.29) is 0 Å². The number of benzene rings is 2. The quantitative estimate of drug-likeness (QED) is 0.110. The Balaban J connectivity index is 1.60. The van der Waals surface area contributed by atoms with Crippen molar-refractivity contribution in [3.8, 4) is 0 Å². The Labute approximate surface area is 197 Å². The molecule has 0 fully saturated rings. The van der Waals surface area contributed by atoms with E-state index in [0.29, 0.717) is 0 Å². The minimum Gasteiger partial charge on any atom is -0.0795 e. The Morgan fingerprint density at radius 2 is 1.16 bits per heavy atom. The number of aryl methyl sites for hydroxylation is 2. The standard InChI is InChI=1S/C30H42S/c1-3-5-6-7-8-9-10-11-12-13-14-15-27-20-23-29(24-21-27)30(31)25-22-28-18-16-26(4-2)17-19-28/h16-25H,3-15H2,1-2H3. The molecule has 0 aliphatic heterocycles. The van der Waals surface area contributed by atoms with E-state index in [1.165, 1.54) is 93.7 Å². The van der Waals surface area contributed by atoms with Crippen LogP contribution in [0.25, 0.3) is 6.08 Å². The molecule has 0 nitrogen and oxygen atoms in total. The molecule has 0 aromatic heterocycles. The number of rotatable bonds is 16. The molecular weight excluding hydrogens is 392 g/mol. The van der Waals surface area contributed by atoms with Gasteiger partial charge in [0.05, 0.1) is 0 Å². The Bertz CT molecular complexity index is 752. The maximum atomic E-state index is 5.61. The van der Waals surface area contributed by atoms with Crippen molar-refractivity contribution in [1.82, 2.24) is 0 Å². The maximum absolute atomic E-state index is 5.61. The van der Waals surface area contributed by atoms with Crippen LogP contribution >= 0.6 is 12.2 Å². The predicted octanol–water partition coefficient (Wildman–Crippen LogP) is 9.53. The van der Waals surface area contributed by atoms with Crippen molar-refractivity contribution in [3.05, 3.63) is 76.9 Å². The van der Waals surface area contributed by atoms with E-state index in [1.807, 2.05) is 0 Å². The van der Waals surface area contributed by atoms with Gasteiger partial charge in [-0.15, -0.1) is 0 Å². The van der Waals surface area contributed by atoms with Crippen LogP contribution in [0.5, 0.6) is 0 Å². The molecule has 0 spiro atoms. The van der Waals surface area contributed by atoms with Crippen LogP contribution in [-0.2, 0) is 12.8 Å². The fourth-order valence-corrected chi connectivity index (χ4v) is 4.17. The number of hydrogen-bond donors (Lipinski definition) is 0. The zero-order chi connectivity index (χ0) is 22.2. The lowest BCUT2D eigenvalue weighted by Crippen LogP contribution is -1.94. The molecule has 0 aliphatic rings. The van der Waals surface area contributed by atoms with Gasteiger partial charge in [0.15, 0.2) is 0 Å². The first-order valence-corrected chi connectivity index (χ1v) is 13.0.